The van der Waals surface area contributed by atoms with Gasteiger partial charge in [-0.3, -0.25) is 9.78 Å². The molecule has 2 aromatic carbocycles. The summed E-state index contributed by atoms with van der Waals surface area (Å²) < 4.78 is 51.9. The van der Waals surface area contributed by atoms with E-state index in [1.165, 1.54) is 31.6 Å². The smallest absolute Gasteiger partial charge is 0.416 e. The fourth-order valence-electron chi connectivity index (χ4n) is 5.87. The summed E-state index contributed by atoms with van der Waals surface area (Å²) in [6.45, 7) is 0. The lowest BCUT2D eigenvalue weighted by atomic mass is 9.70. The Morgan fingerprint density at radius 1 is 1.11 bits per heavy atom. The monoisotopic (exact) mass is 501 g/mol. The Bertz CT molecular complexity index is 1300. The number of ether oxygens (including phenoxy) is 2. The zero-order valence-electron chi connectivity index (χ0n) is 18.9. The van der Waals surface area contributed by atoms with Crippen LogP contribution in [0.4, 0.5) is 13.2 Å². The van der Waals surface area contributed by atoms with Gasteiger partial charge in [-0.1, -0.05) is 42.5 Å². The van der Waals surface area contributed by atoms with E-state index in [1.807, 2.05) is 0 Å². The number of halogens is 3. The van der Waals surface area contributed by atoms with Crippen LogP contribution >= 0.6 is 0 Å². The number of aliphatic carboxylic acids is 1. The van der Waals surface area contributed by atoms with Crippen molar-refractivity contribution >= 4 is 5.97 Å². The highest BCUT2D eigenvalue weighted by atomic mass is 19.4. The molecule has 2 heterocycles. The second-order valence-electron chi connectivity index (χ2n) is 8.99. The van der Waals surface area contributed by atoms with Crippen molar-refractivity contribution in [1.82, 2.24) is 4.98 Å². The van der Waals surface area contributed by atoms with Crippen molar-refractivity contribution < 1.29 is 42.8 Å². The Labute approximate surface area is 203 Å². The van der Waals surface area contributed by atoms with E-state index in [9.17, 15) is 33.3 Å². The number of carboxylic acids is 1. The molecular formula is C26H22F3NO6. The van der Waals surface area contributed by atoms with Crippen LogP contribution in [-0.2, 0) is 22.2 Å². The molecule has 3 aromatic rings. The number of alkyl halides is 3. The summed E-state index contributed by atoms with van der Waals surface area (Å²) in [7, 11) is 1.34. The molecule has 1 aromatic heterocycles. The molecule has 1 fully saturated rings. The van der Waals surface area contributed by atoms with Gasteiger partial charge in [0.25, 0.3) is 0 Å². The normalized spacial score (nSPS) is 28.8. The van der Waals surface area contributed by atoms with Crippen LogP contribution in [0.15, 0.2) is 67.0 Å². The number of carbonyl (C=O) groups is 1. The van der Waals surface area contributed by atoms with Gasteiger partial charge in [0.05, 0.1) is 43.2 Å². The van der Waals surface area contributed by atoms with Crippen LogP contribution in [0.5, 0.6) is 11.5 Å². The lowest BCUT2D eigenvalue weighted by Crippen LogP contribution is -2.52. The Kier molecular flexibility index (Phi) is 5.49. The number of carboxylic acid groups (broad SMARTS) is 1. The number of aromatic nitrogens is 1. The maximum absolute atomic E-state index is 13.4. The fraction of sp³-hybridized carbons (Fsp3) is 0.308. The largest absolute Gasteiger partial charge is 0.495 e. The number of hydrogen-bond donors (Lipinski definition) is 3. The predicted octanol–water partition coefficient (Wildman–Crippen LogP) is 3.83. The molecule has 0 amide bonds. The number of nitrogens with zero attached hydrogens (tertiary/aromatic N) is 1. The zero-order valence-corrected chi connectivity index (χ0v) is 18.9. The first-order valence-corrected chi connectivity index (χ1v) is 11.1. The number of aliphatic hydroxyl groups excluding tert-OH is 1. The SMILES string of the molecule is COc1cncc2c1[C@]1(O)[C@H](O)[C@H](CC(=O)O)[C@@H](c3ccccc3)[C@]1(c1ccc(C(F)(F)F)cc1)O2. The lowest BCUT2D eigenvalue weighted by Gasteiger charge is -2.41. The second-order valence-corrected chi connectivity index (χ2v) is 8.99. The minimum Gasteiger partial charge on any atom is -0.495 e. The van der Waals surface area contributed by atoms with Crippen molar-refractivity contribution in [3.05, 3.63) is 89.2 Å². The van der Waals surface area contributed by atoms with Gasteiger partial charge in [0.15, 0.2) is 11.2 Å². The van der Waals surface area contributed by atoms with E-state index in [-0.39, 0.29) is 22.6 Å². The number of pyridine rings is 1. The van der Waals surface area contributed by atoms with Gasteiger partial charge in [-0.25, -0.2) is 0 Å². The third-order valence-electron chi connectivity index (χ3n) is 7.22. The first kappa shape index (κ1) is 24.1. The van der Waals surface area contributed by atoms with Crippen molar-refractivity contribution in [1.29, 1.82) is 0 Å². The highest BCUT2D eigenvalue weighted by Gasteiger charge is 2.76. The summed E-state index contributed by atoms with van der Waals surface area (Å²) in [5, 5.41) is 33.7. The molecule has 5 rings (SSSR count). The van der Waals surface area contributed by atoms with E-state index in [1.54, 1.807) is 30.3 Å². The first-order valence-electron chi connectivity index (χ1n) is 11.1. The average Bonchev–Trinajstić information content (AvgIpc) is 3.22. The van der Waals surface area contributed by atoms with Gasteiger partial charge in [0.2, 0.25) is 0 Å². The maximum atomic E-state index is 13.4. The number of fused-ring (bicyclic) bond motifs is 3. The standard InChI is InChI=1S/C26H22F3NO6/c1-35-18-12-30-13-19-22(18)24(34)23(33)17(11-20(31)32)21(14-5-3-2-4-6-14)25(24,36-19)15-7-9-16(10-8-15)26(27,28)29/h2-10,12-13,17,21,23,33-34H,11H2,1H3,(H,31,32)/t17-,21-,23-,24+,25+/m1/s1. The molecule has 2 aliphatic rings. The number of hydrogen-bond acceptors (Lipinski definition) is 6. The van der Waals surface area contributed by atoms with Crippen molar-refractivity contribution in [3.63, 3.8) is 0 Å². The summed E-state index contributed by atoms with van der Waals surface area (Å²) >= 11 is 0. The molecule has 10 heteroatoms. The predicted molar refractivity (Wildman–Crippen MR) is 119 cm³/mol. The van der Waals surface area contributed by atoms with Crippen LogP contribution in [0.1, 0.15) is 34.6 Å². The van der Waals surface area contributed by atoms with E-state index < -0.39 is 53.3 Å². The Hall–Kier alpha value is -3.63. The number of aliphatic hydroxyl groups is 2. The average molecular weight is 501 g/mol. The summed E-state index contributed by atoms with van der Waals surface area (Å²) in [6, 6.07) is 12.7. The minimum absolute atomic E-state index is 0.0567. The number of rotatable bonds is 5. The van der Waals surface area contributed by atoms with Gasteiger partial charge < -0.3 is 24.8 Å². The molecule has 1 saturated carbocycles. The topological polar surface area (TPSA) is 109 Å². The van der Waals surface area contributed by atoms with Crippen LogP contribution in [-0.4, -0.2) is 39.5 Å². The third-order valence-corrected chi connectivity index (χ3v) is 7.22. The van der Waals surface area contributed by atoms with Crippen molar-refractivity contribution in [2.24, 2.45) is 5.92 Å². The molecule has 0 saturated heterocycles. The van der Waals surface area contributed by atoms with Crippen LogP contribution in [0, 0.1) is 5.92 Å². The van der Waals surface area contributed by atoms with Crippen LogP contribution in [0.3, 0.4) is 0 Å². The summed E-state index contributed by atoms with van der Waals surface area (Å²) in [6.07, 6.45) is -4.17. The number of methoxy groups -OCH3 is 1. The second kappa shape index (κ2) is 8.21. The Morgan fingerprint density at radius 3 is 2.36 bits per heavy atom. The molecule has 7 nitrogen and oxygen atoms in total. The van der Waals surface area contributed by atoms with Crippen molar-refractivity contribution in [2.75, 3.05) is 7.11 Å². The molecule has 188 valence electrons. The summed E-state index contributed by atoms with van der Waals surface area (Å²) in [5.74, 6) is -3.09. The molecule has 3 N–H and O–H groups in total. The fourth-order valence-corrected chi connectivity index (χ4v) is 5.87. The van der Waals surface area contributed by atoms with Crippen LogP contribution in [0.25, 0.3) is 0 Å². The Balaban J connectivity index is 1.84. The lowest BCUT2D eigenvalue weighted by molar-refractivity contribution is -0.154. The molecule has 1 aliphatic carbocycles. The van der Waals surface area contributed by atoms with Crippen LogP contribution in [0.2, 0.25) is 0 Å². The third kappa shape index (κ3) is 3.21. The van der Waals surface area contributed by atoms with Crippen molar-refractivity contribution in [2.45, 2.75) is 35.8 Å². The summed E-state index contributed by atoms with van der Waals surface area (Å²) in [5.41, 5.74) is -4.34. The maximum Gasteiger partial charge on any atom is 0.416 e. The molecule has 0 unspecified atom stereocenters. The van der Waals surface area contributed by atoms with E-state index >= 15 is 0 Å². The molecule has 36 heavy (non-hydrogen) atoms. The van der Waals surface area contributed by atoms with E-state index in [4.69, 9.17) is 9.47 Å². The Morgan fingerprint density at radius 2 is 1.78 bits per heavy atom. The molecule has 0 radical (unpaired) electrons. The highest BCUT2D eigenvalue weighted by molar-refractivity contribution is 5.69. The quantitative estimate of drug-likeness (QED) is 0.488. The molecule has 0 spiro atoms. The van der Waals surface area contributed by atoms with Gasteiger partial charge in [0, 0.05) is 11.8 Å². The van der Waals surface area contributed by atoms with E-state index in [2.05, 4.69) is 4.98 Å². The summed E-state index contributed by atoms with van der Waals surface area (Å²) in [4.78, 5) is 15.9. The minimum atomic E-state index is -4.60. The molecule has 0 bridgehead atoms. The van der Waals surface area contributed by atoms with E-state index in [0.717, 1.165) is 12.1 Å². The van der Waals surface area contributed by atoms with Gasteiger partial charge in [-0.05, 0) is 23.3 Å². The van der Waals surface area contributed by atoms with Gasteiger partial charge in [0.1, 0.15) is 11.5 Å². The zero-order chi connectivity index (χ0) is 25.9. The number of benzene rings is 2. The van der Waals surface area contributed by atoms with Gasteiger partial charge in [-0.15, -0.1) is 0 Å². The molecule has 1 aliphatic heterocycles. The van der Waals surface area contributed by atoms with Gasteiger partial charge in [-0.2, -0.15) is 13.2 Å². The van der Waals surface area contributed by atoms with E-state index in [0.29, 0.717) is 5.56 Å². The molecular weight excluding hydrogens is 479 g/mol. The molecule has 5 atom stereocenters. The highest BCUT2D eigenvalue weighted by Crippen LogP contribution is 2.70. The van der Waals surface area contributed by atoms with Crippen molar-refractivity contribution in [3.8, 4) is 11.5 Å². The van der Waals surface area contributed by atoms with Gasteiger partial charge >= 0.3 is 12.1 Å². The van der Waals surface area contributed by atoms with Crippen LogP contribution < -0.4 is 9.47 Å². The first-order chi connectivity index (χ1) is 17.1.